The Balaban J connectivity index is 1.75. The zero-order chi connectivity index (χ0) is 52.7. The highest BCUT2D eigenvalue weighted by Gasteiger charge is 2.53. The predicted molar refractivity (Wildman–Crippen MR) is 264 cm³/mol. The van der Waals surface area contributed by atoms with Gasteiger partial charge in [0.15, 0.2) is 0 Å². The Bertz CT molecular complexity index is 1990. The van der Waals surface area contributed by atoms with Crippen LogP contribution in [0.15, 0.2) is 47.6 Å². The van der Waals surface area contributed by atoms with E-state index >= 15 is 0 Å². The summed E-state index contributed by atoms with van der Waals surface area (Å²) < 4.78 is 35.3. The molecule has 4 aliphatic rings. The Hall–Kier alpha value is -4.35. The van der Waals surface area contributed by atoms with Gasteiger partial charge in [-0.15, -0.1) is 0 Å². The summed E-state index contributed by atoms with van der Waals surface area (Å²) in [4.78, 5) is 97.1. The molecule has 3 aliphatic heterocycles. The number of cyclic esters (lactones) is 1. The van der Waals surface area contributed by atoms with Crippen molar-refractivity contribution in [2.45, 2.75) is 188 Å². The monoisotopic (exact) mass is 998 g/mol. The second-order valence-electron chi connectivity index (χ2n) is 20.9. The van der Waals surface area contributed by atoms with Crippen LogP contribution >= 0.6 is 0 Å². The summed E-state index contributed by atoms with van der Waals surface area (Å²) in [5.74, 6) is -10.8. The molecule has 398 valence electrons. The van der Waals surface area contributed by atoms with Gasteiger partial charge in [0.1, 0.15) is 35.9 Å². The van der Waals surface area contributed by atoms with Gasteiger partial charge in [-0.1, -0.05) is 71.1 Å². The molecule has 16 nitrogen and oxygen atoms in total. The lowest BCUT2D eigenvalue weighted by Crippen LogP contribution is -2.61. The second kappa shape index (κ2) is 27.6. The largest absolute Gasteiger partial charge is 0.460 e. The first-order valence-electron chi connectivity index (χ1n) is 25.8. The van der Waals surface area contributed by atoms with Gasteiger partial charge in [0.05, 0.1) is 30.8 Å². The lowest BCUT2D eigenvalue weighted by Gasteiger charge is -2.42. The number of ketones is 3. The van der Waals surface area contributed by atoms with Gasteiger partial charge in [0, 0.05) is 65.2 Å². The van der Waals surface area contributed by atoms with E-state index < -0.39 is 108 Å². The number of rotatable bonds is 8. The van der Waals surface area contributed by atoms with Gasteiger partial charge in [-0.25, -0.2) is 4.79 Å². The minimum atomic E-state index is -2.46. The number of fused-ring (bicyclic) bond motifs is 3. The number of methoxy groups -OCH3 is 2. The average molecular weight is 998 g/mol. The maximum Gasteiger partial charge on any atom is 0.329 e. The lowest BCUT2D eigenvalue weighted by molar-refractivity contribution is -0.265. The van der Waals surface area contributed by atoms with Gasteiger partial charge in [-0.05, 0) is 107 Å². The van der Waals surface area contributed by atoms with Crippen molar-refractivity contribution in [3.05, 3.63) is 47.6 Å². The fourth-order valence-corrected chi connectivity index (χ4v) is 10.9. The molecule has 1 amide bonds. The molecule has 1 saturated carbocycles. The van der Waals surface area contributed by atoms with Crippen LogP contribution in [0.25, 0.3) is 0 Å². The molecule has 0 radical (unpaired) electrons. The summed E-state index contributed by atoms with van der Waals surface area (Å²) in [5.41, 5.74) is 1.25. The van der Waals surface area contributed by atoms with E-state index in [9.17, 15) is 43.8 Å². The highest BCUT2D eigenvalue weighted by Crippen LogP contribution is 2.38. The Labute approximate surface area is 421 Å². The molecule has 0 aromatic heterocycles. The number of allylic oxidation sites excluding steroid dienone is 6. The maximum absolute atomic E-state index is 14.5. The van der Waals surface area contributed by atoms with Crippen molar-refractivity contribution in [1.82, 2.24) is 4.90 Å². The smallest absolute Gasteiger partial charge is 0.329 e. The van der Waals surface area contributed by atoms with Crippen LogP contribution in [0.5, 0.6) is 0 Å². The van der Waals surface area contributed by atoms with Crippen molar-refractivity contribution < 1.29 is 72.2 Å². The van der Waals surface area contributed by atoms with Crippen molar-refractivity contribution in [3.8, 4) is 0 Å². The van der Waals surface area contributed by atoms with Gasteiger partial charge < -0.3 is 43.5 Å². The quantitative estimate of drug-likeness (QED) is 0.109. The topological polar surface area (TPSA) is 219 Å². The molecule has 0 unspecified atom stereocenters. The van der Waals surface area contributed by atoms with Crippen LogP contribution in [-0.4, -0.2) is 132 Å². The SMILES string of the molecule is CO[C@H]1C[C@@H]2CC[C@@H](C)[C@@](O)(O2)C(=O)C(=O)N2CCCC[C@H]2C(=O)O[C@H]([C@H](C)C[C@@H]2CC[C@@H](OC(C)=O)[C@H](OC)C2)CC(=O)[C@H](C)/C=C(\C)[C@@H](OC(C)=O)[C@@H](CO)C(=O)[C@H](C)C[C@H](C)/C=C/C=CC=C1C. The summed E-state index contributed by atoms with van der Waals surface area (Å²) in [6.45, 7) is 14.5. The van der Waals surface area contributed by atoms with E-state index in [0.717, 1.165) is 5.57 Å². The Kier molecular flexibility index (Phi) is 23.0. The number of amides is 1. The van der Waals surface area contributed by atoms with Gasteiger partial charge in [-0.2, -0.15) is 0 Å². The summed E-state index contributed by atoms with van der Waals surface area (Å²) in [5, 5.41) is 22.6. The summed E-state index contributed by atoms with van der Waals surface area (Å²) in [6.07, 6.45) is 11.9. The zero-order valence-electron chi connectivity index (χ0n) is 44.1. The van der Waals surface area contributed by atoms with Crippen molar-refractivity contribution in [2.24, 2.45) is 41.4 Å². The van der Waals surface area contributed by atoms with Gasteiger partial charge in [0.2, 0.25) is 5.79 Å². The third-order valence-electron chi connectivity index (χ3n) is 15.2. The number of carbonyl (C=O) groups is 7. The molecule has 1 aliphatic carbocycles. The summed E-state index contributed by atoms with van der Waals surface area (Å²) >= 11 is 0. The highest BCUT2D eigenvalue weighted by atomic mass is 16.6. The summed E-state index contributed by atoms with van der Waals surface area (Å²) in [6, 6.07) is -1.19. The van der Waals surface area contributed by atoms with Crippen LogP contribution < -0.4 is 0 Å². The first-order chi connectivity index (χ1) is 33.5. The number of hydrogen-bond donors (Lipinski definition) is 2. The fraction of sp³-hybridized carbons (Fsp3) is 0.727. The van der Waals surface area contributed by atoms with Crippen molar-refractivity contribution in [2.75, 3.05) is 27.4 Å². The van der Waals surface area contributed by atoms with E-state index in [1.165, 1.54) is 18.7 Å². The molecule has 16 heteroatoms. The number of aliphatic hydroxyl groups is 2. The molecule has 4 rings (SSSR count). The Morgan fingerprint density at radius 3 is 2.20 bits per heavy atom. The van der Waals surface area contributed by atoms with Crippen LogP contribution in [0.3, 0.4) is 0 Å². The molecule has 0 spiro atoms. The third-order valence-corrected chi connectivity index (χ3v) is 15.2. The molecular weight excluding hydrogens is 915 g/mol. The number of nitrogens with zero attached hydrogens (tertiary/aromatic N) is 1. The van der Waals surface area contributed by atoms with Crippen molar-refractivity contribution in [1.29, 1.82) is 0 Å². The van der Waals surface area contributed by atoms with Crippen molar-refractivity contribution in [3.63, 3.8) is 0 Å². The van der Waals surface area contributed by atoms with Crippen LogP contribution in [0.4, 0.5) is 0 Å². The van der Waals surface area contributed by atoms with E-state index in [1.807, 2.05) is 51.2 Å². The number of hydrogen-bond acceptors (Lipinski definition) is 15. The minimum Gasteiger partial charge on any atom is -0.460 e. The Morgan fingerprint density at radius 2 is 1.55 bits per heavy atom. The second-order valence-corrected chi connectivity index (χ2v) is 20.9. The van der Waals surface area contributed by atoms with Gasteiger partial charge >= 0.3 is 17.9 Å². The van der Waals surface area contributed by atoms with Crippen LogP contribution in [0, 0.1) is 41.4 Å². The van der Waals surface area contributed by atoms with Crippen molar-refractivity contribution >= 4 is 41.2 Å². The van der Waals surface area contributed by atoms with Gasteiger partial charge in [-0.3, -0.25) is 28.8 Å². The number of piperidine rings is 1. The van der Waals surface area contributed by atoms with E-state index in [1.54, 1.807) is 48.0 Å². The van der Waals surface area contributed by atoms with Crippen LogP contribution in [-0.2, 0) is 62.0 Å². The molecule has 2 saturated heterocycles. The highest BCUT2D eigenvalue weighted by molar-refractivity contribution is 6.39. The molecule has 15 atom stereocenters. The van der Waals surface area contributed by atoms with E-state index in [-0.39, 0.29) is 48.9 Å². The third kappa shape index (κ3) is 16.3. The van der Waals surface area contributed by atoms with Crippen LogP contribution in [0.2, 0.25) is 0 Å². The molecule has 3 heterocycles. The van der Waals surface area contributed by atoms with E-state index in [2.05, 4.69) is 0 Å². The molecule has 0 aromatic rings. The number of carbonyl (C=O) groups excluding carboxylic acids is 7. The molecule has 2 bridgehead atoms. The summed E-state index contributed by atoms with van der Waals surface area (Å²) in [7, 11) is 3.12. The zero-order valence-corrected chi connectivity index (χ0v) is 44.1. The fourth-order valence-electron chi connectivity index (χ4n) is 10.9. The normalized spacial score (nSPS) is 36.6. The lowest BCUT2D eigenvalue weighted by atomic mass is 9.78. The van der Waals surface area contributed by atoms with Gasteiger partial charge in [0.25, 0.3) is 11.7 Å². The number of aliphatic hydroxyl groups excluding tert-OH is 1. The van der Waals surface area contributed by atoms with Crippen LogP contribution in [0.1, 0.15) is 139 Å². The minimum absolute atomic E-state index is 0.0474. The molecule has 0 aromatic carbocycles. The number of Topliss-reactive ketones (excluding diaryl/α,β-unsaturated/α-hetero) is 3. The average Bonchev–Trinajstić information content (AvgIpc) is 3.32. The number of ether oxygens (including phenoxy) is 6. The first-order valence-corrected chi connectivity index (χ1v) is 25.8. The molecule has 3 fully saturated rings. The molecule has 71 heavy (non-hydrogen) atoms. The van der Waals surface area contributed by atoms with E-state index in [4.69, 9.17) is 28.4 Å². The van der Waals surface area contributed by atoms with E-state index in [0.29, 0.717) is 69.8 Å². The first kappa shape index (κ1) is 59.2. The molecule has 2 N–H and O–H groups in total. The standard InChI is InChI=1S/C55H83NO15/c1-32-17-13-12-14-18-33(2)47(66-10)29-42-22-20-38(7)55(65,71-42)52(62)53(63)56-24-16-15-19-44(56)54(64)70-48(35(4)27-41-21-23-46(68-39(8)58)49(28-41)67-11)30-45(60)34(3)26-37(6)51(69-40(9)59)43(31-57)50(61)36(5)25-32/h12-14,17-18,26,32,34-36,38,41-44,46-49,51,57,65H,15-16,19-25,27-31H2,1-11H3/b14-12?,17-13+,33-18?,37-26+/t32-,34-,35-,36-,38-,41+,42+,43+,44+,46-,47+,48+,49-,51-,55-/m1/s1. The molecular formula is C55H83NO15. The number of esters is 3. The predicted octanol–water partition coefficient (Wildman–Crippen LogP) is 6.92. The maximum atomic E-state index is 14.5. The Morgan fingerprint density at radius 1 is 0.845 bits per heavy atom.